The van der Waals surface area contributed by atoms with Crippen LogP contribution in [0.2, 0.25) is 0 Å². The Kier molecular flexibility index (Phi) is 6.74. The zero-order valence-corrected chi connectivity index (χ0v) is 14.5. The molecule has 1 aliphatic rings. The van der Waals surface area contributed by atoms with Gasteiger partial charge in [0.05, 0.1) is 5.75 Å². The van der Waals surface area contributed by atoms with E-state index in [1.807, 2.05) is 0 Å². The van der Waals surface area contributed by atoms with Crippen molar-refractivity contribution < 1.29 is 22.7 Å². The zero-order chi connectivity index (χ0) is 17.6. The molecule has 0 heterocycles. The first kappa shape index (κ1) is 18.9. The molecule has 134 valence electrons. The summed E-state index contributed by atoms with van der Waals surface area (Å²) in [6.45, 7) is 0.852. The minimum absolute atomic E-state index is 0.170. The predicted octanol–water partition coefficient (Wildman–Crippen LogP) is 2.46. The van der Waals surface area contributed by atoms with Crippen molar-refractivity contribution >= 4 is 15.8 Å². The van der Waals surface area contributed by atoms with E-state index >= 15 is 0 Å². The van der Waals surface area contributed by atoms with Crippen LogP contribution in [-0.4, -0.2) is 48.5 Å². The van der Waals surface area contributed by atoms with E-state index in [-0.39, 0.29) is 11.6 Å². The van der Waals surface area contributed by atoms with Crippen LogP contribution in [-0.2, 0) is 21.2 Å². The number of carboxylic acid groups (broad SMARTS) is 1. The van der Waals surface area contributed by atoms with Gasteiger partial charge in [0, 0.05) is 19.1 Å². The van der Waals surface area contributed by atoms with Gasteiger partial charge in [0.25, 0.3) is 0 Å². The van der Waals surface area contributed by atoms with Crippen molar-refractivity contribution in [2.24, 2.45) is 0 Å². The van der Waals surface area contributed by atoms with Gasteiger partial charge in [-0.3, -0.25) is 9.69 Å². The van der Waals surface area contributed by atoms with Crippen LogP contribution in [0, 0.1) is 5.82 Å². The van der Waals surface area contributed by atoms with Crippen LogP contribution in [0.4, 0.5) is 4.39 Å². The second-order valence-electron chi connectivity index (χ2n) is 6.37. The number of sulfone groups is 1. The number of carboxylic acids is 1. The molecule has 1 aliphatic carbocycles. The second-order valence-corrected chi connectivity index (χ2v) is 8.56. The van der Waals surface area contributed by atoms with Gasteiger partial charge in [0.2, 0.25) is 0 Å². The second kappa shape index (κ2) is 8.58. The first-order valence-electron chi connectivity index (χ1n) is 8.26. The third-order valence-corrected chi connectivity index (χ3v) is 5.91. The fourth-order valence-corrected chi connectivity index (χ4v) is 4.21. The third-order valence-electron chi connectivity index (χ3n) is 4.42. The first-order chi connectivity index (χ1) is 11.4. The Morgan fingerprint density at radius 1 is 1.17 bits per heavy atom. The highest BCUT2D eigenvalue weighted by Gasteiger charge is 2.24. The SMILES string of the molecule is O=C(O)CS(=O)(=O)CCN(Cc1ccc(F)cc1)C1CCCCC1. The molecule has 0 amide bonds. The molecule has 1 aromatic carbocycles. The van der Waals surface area contributed by atoms with Crippen molar-refractivity contribution in [2.75, 3.05) is 18.1 Å². The Bertz CT molecular complexity index is 639. The fraction of sp³-hybridized carbons (Fsp3) is 0.588. The Labute approximate surface area is 142 Å². The lowest BCUT2D eigenvalue weighted by Crippen LogP contribution is -2.40. The average molecular weight is 357 g/mol. The number of rotatable bonds is 8. The molecule has 0 unspecified atom stereocenters. The maximum atomic E-state index is 13.1. The van der Waals surface area contributed by atoms with Gasteiger partial charge in [-0.05, 0) is 30.5 Å². The molecule has 0 spiro atoms. The Morgan fingerprint density at radius 2 is 1.79 bits per heavy atom. The standard InChI is InChI=1S/C17H24FNO4S/c18-15-8-6-14(7-9-15)12-19(16-4-2-1-3-5-16)10-11-24(22,23)13-17(20)21/h6-9,16H,1-5,10-13H2,(H,20,21). The van der Waals surface area contributed by atoms with Crippen LogP contribution in [0.5, 0.6) is 0 Å². The quantitative estimate of drug-likeness (QED) is 0.773. The zero-order valence-electron chi connectivity index (χ0n) is 13.7. The molecular weight excluding hydrogens is 333 g/mol. The molecule has 0 aromatic heterocycles. The van der Waals surface area contributed by atoms with Crippen molar-refractivity contribution in [1.82, 2.24) is 4.90 Å². The topological polar surface area (TPSA) is 74.7 Å². The molecule has 7 heteroatoms. The van der Waals surface area contributed by atoms with Gasteiger partial charge in [0.1, 0.15) is 11.6 Å². The normalized spacial score (nSPS) is 16.4. The van der Waals surface area contributed by atoms with E-state index < -0.39 is 21.6 Å². The maximum Gasteiger partial charge on any atom is 0.318 e. The lowest BCUT2D eigenvalue weighted by atomic mass is 9.94. The average Bonchev–Trinajstić information content (AvgIpc) is 2.53. The van der Waals surface area contributed by atoms with E-state index in [9.17, 15) is 17.6 Å². The lowest BCUT2D eigenvalue weighted by Gasteiger charge is -2.34. The van der Waals surface area contributed by atoms with Gasteiger partial charge < -0.3 is 5.11 Å². The van der Waals surface area contributed by atoms with Crippen LogP contribution in [0.15, 0.2) is 24.3 Å². The molecule has 1 fully saturated rings. The van der Waals surface area contributed by atoms with Crippen molar-refractivity contribution in [2.45, 2.75) is 44.7 Å². The fourth-order valence-electron chi connectivity index (χ4n) is 3.18. The number of benzene rings is 1. The molecule has 0 aliphatic heterocycles. The third kappa shape index (κ3) is 6.20. The summed E-state index contributed by atoms with van der Waals surface area (Å²) in [6.07, 6.45) is 5.46. The van der Waals surface area contributed by atoms with Gasteiger partial charge in [-0.2, -0.15) is 0 Å². The van der Waals surface area contributed by atoms with E-state index in [0.717, 1.165) is 31.2 Å². The number of hydrogen-bond donors (Lipinski definition) is 1. The summed E-state index contributed by atoms with van der Waals surface area (Å²) < 4.78 is 36.8. The van der Waals surface area contributed by atoms with Crippen LogP contribution in [0.1, 0.15) is 37.7 Å². The van der Waals surface area contributed by atoms with Crippen molar-refractivity contribution in [1.29, 1.82) is 0 Å². The van der Waals surface area contributed by atoms with Crippen molar-refractivity contribution in [3.63, 3.8) is 0 Å². The number of nitrogens with zero attached hydrogens (tertiary/aromatic N) is 1. The van der Waals surface area contributed by atoms with E-state index in [1.54, 1.807) is 12.1 Å². The highest BCUT2D eigenvalue weighted by molar-refractivity contribution is 7.92. The lowest BCUT2D eigenvalue weighted by molar-refractivity contribution is -0.134. The largest absolute Gasteiger partial charge is 0.480 e. The van der Waals surface area contributed by atoms with E-state index in [0.29, 0.717) is 19.1 Å². The van der Waals surface area contributed by atoms with Crippen LogP contribution >= 0.6 is 0 Å². The molecule has 1 saturated carbocycles. The summed E-state index contributed by atoms with van der Waals surface area (Å²) in [4.78, 5) is 12.8. The number of halogens is 1. The molecule has 0 atom stereocenters. The highest BCUT2D eigenvalue weighted by Crippen LogP contribution is 2.24. The van der Waals surface area contributed by atoms with Gasteiger partial charge in [-0.15, -0.1) is 0 Å². The molecule has 0 radical (unpaired) electrons. The smallest absolute Gasteiger partial charge is 0.318 e. The summed E-state index contributed by atoms with van der Waals surface area (Å²) in [5.41, 5.74) is 0.928. The van der Waals surface area contributed by atoms with Gasteiger partial charge in [-0.1, -0.05) is 31.4 Å². The van der Waals surface area contributed by atoms with E-state index in [2.05, 4.69) is 4.90 Å². The molecule has 1 aromatic rings. The molecule has 0 bridgehead atoms. The number of aliphatic carboxylic acids is 1. The van der Waals surface area contributed by atoms with E-state index in [4.69, 9.17) is 5.11 Å². The summed E-state index contributed by atoms with van der Waals surface area (Å²) in [5, 5.41) is 8.70. The molecule has 24 heavy (non-hydrogen) atoms. The van der Waals surface area contributed by atoms with Gasteiger partial charge >= 0.3 is 5.97 Å². The predicted molar refractivity (Wildman–Crippen MR) is 90.0 cm³/mol. The molecule has 5 nitrogen and oxygen atoms in total. The van der Waals surface area contributed by atoms with E-state index in [1.165, 1.54) is 18.6 Å². The number of hydrogen-bond acceptors (Lipinski definition) is 4. The Balaban J connectivity index is 2.04. The summed E-state index contributed by atoms with van der Waals surface area (Å²) in [7, 11) is -3.61. The van der Waals surface area contributed by atoms with Crippen LogP contribution in [0.25, 0.3) is 0 Å². The van der Waals surface area contributed by atoms with Crippen molar-refractivity contribution in [3.05, 3.63) is 35.6 Å². The molecular formula is C17H24FNO4S. The first-order valence-corrected chi connectivity index (χ1v) is 10.1. The van der Waals surface area contributed by atoms with Crippen LogP contribution in [0.3, 0.4) is 0 Å². The Morgan fingerprint density at radius 3 is 2.38 bits per heavy atom. The molecule has 2 rings (SSSR count). The summed E-state index contributed by atoms with van der Waals surface area (Å²) >= 11 is 0. The van der Waals surface area contributed by atoms with Gasteiger partial charge in [0.15, 0.2) is 9.84 Å². The summed E-state index contributed by atoms with van der Waals surface area (Å²) in [5.74, 6) is -2.62. The Hall–Kier alpha value is -1.47. The summed E-state index contributed by atoms with van der Waals surface area (Å²) in [6, 6.07) is 6.50. The van der Waals surface area contributed by atoms with Gasteiger partial charge in [-0.25, -0.2) is 12.8 Å². The monoisotopic (exact) mass is 357 g/mol. The minimum Gasteiger partial charge on any atom is -0.480 e. The minimum atomic E-state index is -3.61. The van der Waals surface area contributed by atoms with Crippen LogP contribution < -0.4 is 0 Å². The molecule has 1 N–H and O–H groups in total. The highest BCUT2D eigenvalue weighted by atomic mass is 32.2. The maximum absolute atomic E-state index is 13.1. The van der Waals surface area contributed by atoms with Crippen molar-refractivity contribution in [3.8, 4) is 0 Å². The number of carbonyl (C=O) groups is 1. The molecule has 0 saturated heterocycles.